The van der Waals surface area contributed by atoms with Crippen LogP contribution in [-0.4, -0.2) is 0 Å². The quantitative estimate of drug-likeness (QED) is 0.542. The van der Waals surface area contributed by atoms with Gasteiger partial charge in [0.05, 0.1) is 0 Å². The maximum Gasteiger partial charge on any atom is 0.0175 e. The molecule has 0 bridgehead atoms. The second-order valence-corrected chi connectivity index (χ2v) is 7.91. The summed E-state index contributed by atoms with van der Waals surface area (Å²) in [6.07, 6.45) is 17.1. The molecule has 22 heavy (non-hydrogen) atoms. The number of hydrogen-bond donors (Lipinski definition) is 0. The monoisotopic (exact) mass is 358 g/mol. The molecule has 0 aliphatic heterocycles. The zero-order valence-corrected chi connectivity index (χ0v) is 15.2. The lowest BCUT2D eigenvalue weighted by Crippen LogP contribution is -2.21. The fraction of sp³-hybridized carbons (Fsp3) is 0.524. The first-order chi connectivity index (χ1) is 10.8. The summed E-state index contributed by atoms with van der Waals surface area (Å²) in [7, 11) is 0. The molecule has 0 amide bonds. The maximum atomic E-state index is 3.51. The third-order valence-corrected chi connectivity index (χ3v) is 6.03. The van der Waals surface area contributed by atoms with Crippen molar-refractivity contribution in [2.75, 3.05) is 0 Å². The minimum atomic E-state index is 0.779. The molecule has 0 saturated heterocycles. The smallest absolute Gasteiger partial charge is 0.0175 e. The van der Waals surface area contributed by atoms with Crippen molar-refractivity contribution in [2.24, 2.45) is 17.8 Å². The zero-order chi connectivity index (χ0) is 15.4. The number of hydrogen-bond acceptors (Lipinski definition) is 0. The van der Waals surface area contributed by atoms with E-state index in [0.717, 1.165) is 22.2 Å². The van der Waals surface area contributed by atoms with Crippen molar-refractivity contribution in [1.29, 1.82) is 0 Å². The van der Waals surface area contributed by atoms with Gasteiger partial charge in [-0.3, -0.25) is 0 Å². The molecule has 3 rings (SSSR count). The Hall–Kier alpha value is -0.820. The normalized spacial score (nSPS) is 28.5. The van der Waals surface area contributed by atoms with Gasteiger partial charge in [0.2, 0.25) is 0 Å². The summed E-state index contributed by atoms with van der Waals surface area (Å²) >= 11 is 3.51. The molecule has 2 aliphatic rings. The SMILES string of the molecule is CCCC1CCC(C2C=CC(c3ccc(Br)cc3)=CC2)CC1. The van der Waals surface area contributed by atoms with Crippen LogP contribution >= 0.6 is 15.9 Å². The summed E-state index contributed by atoms with van der Waals surface area (Å²) in [5.74, 6) is 2.72. The second-order valence-electron chi connectivity index (χ2n) is 6.99. The van der Waals surface area contributed by atoms with Crippen LogP contribution in [0.15, 0.2) is 47.0 Å². The van der Waals surface area contributed by atoms with Crippen LogP contribution in [0.4, 0.5) is 0 Å². The lowest BCUT2D eigenvalue weighted by molar-refractivity contribution is 0.221. The summed E-state index contributed by atoms with van der Waals surface area (Å²) in [6, 6.07) is 8.67. The van der Waals surface area contributed by atoms with E-state index in [4.69, 9.17) is 0 Å². The predicted molar refractivity (Wildman–Crippen MR) is 99.7 cm³/mol. The van der Waals surface area contributed by atoms with Crippen molar-refractivity contribution in [3.63, 3.8) is 0 Å². The van der Waals surface area contributed by atoms with Gasteiger partial charge in [-0.1, -0.05) is 78.9 Å². The summed E-state index contributed by atoms with van der Waals surface area (Å²) < 4.78 is 1.15. The van der Waals surface area contributed by atoms with Gasteiger partial charge >= 0.3 is 0 Å². The Morgan fingerprint density at radius 1 is 1.05 bits per heavy atom. The van der Waals surface area contributed by atoms with E-state index in [1.54, 1.807) is 0 Å². The van der Waals surface area contributed by atoms with Gasteiger partial charge in [0.1, 0.15) is 0 Å². The number of halogens is 1. The van der Waals surface area contributed by atoms with E-state index in [-0.39, 0.29) is 0 Å². The van der Waals surface area contributed by atoms with Crippen LogP contribution in [0.2, 0.25) is 0 Å². The molecule has 118 valence electrons. The molecular weight excluding hydrogens is 332 g/mol. The maximum absolute atomic E-state index is 3.51. The fourth-order valence-electron chi connectivity index (χ4n) is 4.16. The predicted octanol–water partition coefficient (Wildman–Crippen LogP) is 7.02. The summed E-state index contributed by atoms with van der Waals surface area (Å²) in [5.41, 5.74) is 2.73. The van der Waals surface area contributed by atoms with E-state index in [9.17, 15) is 0 Å². The van der Waals surface area contributed by atoms with Crippen molar-refractivity contribution >= 4 is 21.5 Å². The first kappa shape index (κ1) is 16.1. The lowest BCUT2D eigenvalue weighted by Gasteiger charge is -2.33. The van der Waals surface area contributed by atoms with Gasteiger partial charge in [-0.2, -0.15) is 0 Å². The molecule has 0 heterocycles. The van der Waals surface area contributed by atoms with E-state index in [1.165, 1.54) is 56.1 Å². The summed E-state index contributed by atoms with van der Waals surface area (Å²) in [6.45, 7) is 2.32. The molecule has 1 unspecified atom stereocenters. The lowest BCUT2D eigenvalue weighted by atomic mass is 9.72. The number of rotatable bonds is 4. The van der Waals surface area contributed by atoms with Gasteiger partial charge in [0.25, 0.3) is 0 Å². The van der Waals surface area contributed by atoms with Gasteiger partial charge in [-0.05, 0) is 60.3 Å². The molecule has 1 heteroatoms. The second kappa shape index (κ2) is 7.64. The summed E-state index contributed by atoms with van der Waals surface area (Å²) in [4.78, 5) is 0. The summed E-state index contributed by atoms with van der Waals surface area (Å²) in [5, 5.41) is 0. The molecule has 0 N–H and O–H groups in total. The van der Waals surface area contributed by atoms with Crippen LogP contribution in [-0.2, 0) is 0 Å². The van der Waals surface area contributed by atoms with Crippen molar-refractivity contribution < 1.29 is 0 Å². The van der Waals surface area contributed by atoms with E-state index in [0.29, 0.717) is 0 Å². The third-order valence-electron chi connectivity index (χ3n) is 5.50. The van der Waals surface area contributed by atoms with Crippen LogP contribution in [0.25, 0.3) is 5.57 Å². The molecule has 0 aromatic heterocycles. The Morgan fingerprint density at radius 3 is 2.36 bits per heavy atom. The molecule has 0 radical (unpaired) electrons. The topological polar surface area (TPSA) is 0 Å². The average molecular weight is 359 g/mol. The van der Waals surface area contributed by atoms with Crippen molar-refractivity contribution in [3.8, 4) is 0 Å². The third kappa shape index (κ3) is 3.93. The molecular formula is C21H27Br. The highest BCUT2D eigenvalue weighted by molar-refractivity contribution is 9.10. The highest BCUT2D eigenvalue weighted by Crippen LogP contribution is 2.39. The van der Waals surface area contributed by atoms with Crippen molar-refractivity contribution in [1.82, 2.24) is 0 Å². The van der Waals surface area contributed by atoms with Crippen molar-refractivity contribution in [2.45, 2.75) is 51.9 Å². The number of benzene rings is 1. The van der Waals surface area contributed by atoms with Gasteiger partial charge in [0, 0.05) is 4.47 Å². The fourth-order valence-corrected chi connectivity index (χ4v) is 4.42. The van der Waals surface area contributed by atoms with Crippen molar-refractivity contribution in [3.05, 3.63) is 52.5 Å². The van der Waals surface area contributed by atoms with Gasteiger partial charge < -0.3 is 0 Å². The molecule has 2 aliphatic carbocycles. The number of allylic oxidation sites excluding steroid dienone is 4. The van der Waals surface area contributed by atoms with E-state index < -0.39 is 0 Å². The van der Waals surface area contributed by atoms with Crippen LogP contribution in [0.5, 0.6) is 0 Å². The first-order valence-electron chi connectivity index (χ1n) is 8.90. The Morgan fingerprint density at radius 2 is 1.77 bits per heavy atom. The molecule has 1 atom stereocenters. The highest BCUT2D eigenvalue weighted by Gasteiger charge is 2.26. The minimum Gasteiger partial charge on any atom is -0.0802 e. The Bertz CT molecular complexity index is 530. The minimum absolute atomic E-state index is 0.779. The molecule has 1 saturated carbocycles. The van der Waals surface area contributed by atoms with Crippen LogP contribution in [0.1, 0.15) is 57.4 Å². The van der Waals surface area contributed by atoms with Crippen LogP contribution < -0.4 is 0 Å². The molecule has 0 spiro atoms. The zero-order valence-electron chi connectivity index (χ0n) is 13.6. The van der Waals surface area contributed by atoms with E-state index in [1.807, 2.05) is 0 Å². The first-order valence-corrected chi connectivity index (χ1v) is 9.70. The van der Waals surface area contributed by atoms with Gasteiger partial charge in [0.15, 0.2) is 0 Å². The Balaban J connectivity index is 1.56. The largest absolute Gasteiger partial charge is 0.0802 e. The molecule has 1 aromatic rings. The Labute approximate surface area is 143 Å². The van der Waals surface area contributed by atoms with E-state index in [2.05, 4.69) is 65.3 Å². The highest BCUT2D eigenvalue weighted by atomic mass is 79.9. The molecule has 1 aromatic carbocycles. The molecule has 0 nitrogen and oxygen atoms in total. The van der Waals surface area contributed by atoms with Gasteiger partial charge in [-0.25, -0.2) is 0 Å². The van der Waals surface area contributed by atoms with E-state index >= 15 is 0 Å². The van der Waals surface area contributed by atoms with Crippen LogP contribution in [0, 0.1) is 17.8 Å². The van der Waals surface area contributed by atoms with Gasteiger partial charge in [-0.15, -0.1) is 0 Å². The standard InChI is InChI=1S/C21H27Br/c1-2-3-16-4-6-17(7-5-16)18-8-10-19(11-9-18)20-12-14-21(22)15-13-20/h8,10-18H,2-7,9H2,1H3. The molecule has 1 fully saturated rings. The Kier molecular flexibility index (Phi) is 5.57. The van der Waals surface area contributed by atoms with Crippen LogP contribution in [0.3, 0.4) is 0 Å². The average Bonchev–Trinajstić information content (AvgIpc) is 2.57.